The van der Waals surface area contributed by atoms with E-state index in [9.17, 15) is 18.3 Å². The van der Waals surface area contributed by atoms with Crippen molar-refractivity contribution in [3.8, 4) is 5.75 Å². The van der Waals surface area contributed by atoms with Crippen molar-refractivity contribution < 1.29 is 23.0 Å². The van der Waals surface area contributed by atoms with Crippen molar-refractivity contribution in [2.24, 2.45) is 0 Å². The van der Waals surface area contributed by atoms with Gasteiger partial charge in [-0.3, -0.25) is 0 Å². The fourth-order valence-electron chi connectivity index (χ4n) is 1.77. The van der Waals surface area contributed by atoms with Crippen LogP contribution in [0.1, 0.15) is 17.2 Å². The molecular weight excluding hydrogens is 269 g/mol. The van der Waals surface area contributed by atoms with Crippen LogP contribution in [0.15, 0.2) is 36.4 Å². The third-order valence-electron chi connectivity index (χ3n) is 2.89. The Morgan fingerprint density at radius 1 is 1.15 bits per heavy atom. The van der Waals surface area contributed by atoms with E-state index in [-0.39, 0.29) is 17.9 Å². The maximum Gasteiger partial charge on any atom is 0.164 e. The second kappa shape index (κ2) is 5.96. The van der Waals surface area contributed by atoms with Gasteiger partial charge in [-0.15, -0.1) is 0 Å². The van der Waals surface area contributed by atoms with Crippen molar-refractivity contribution in [1.29, 1.82) is 0 Å². The number of ether oxygens (including phenoxy) is 1. The van der Waals surface area contributed by atoms with Crippen molar-refractivity contribution in [3.63, 3.8) is 0 Å². The molecule has 1 unspecified atom stereocenters. The minimum atomic E-state index is -1.34. The largest absolute Gasteiger partial charge is 0.490 e. The molecule has 0 saturated heterocycles. The summed E-state index contributed by atoms with van der Waals surface area (Å²) in [4.78, 5) is 0. The molecule has 0 spiro atoms. The van der Waals surface area contributed by atoms with E-state index in [1.54, 1.807) is 6.92 Å². The van der Waals surface area contributed by atoms with Gasteiger partial charge in [-0.25, -0.2) is 13.2 Å². The smallest absolute Gasteiger partial charge is 0.164 e. The Morgan fingerprint density at radius 3 is 2.65 bits per heavy atom. The summed E-state index contributed by atoms with van der Waals surface area (Å²) in [5.41, 5.74) is 0.484. The van der Waals surface area contributed by atoms with Gasteiger partial charge in [0.25, 0.3) is 0 Å². The summed E-state index contributed by atoms with van der Waals surface area (Å²) in [5, 5.41) is 9.82. The molecule has 0 radical (unpaired) electrons. The van der Waals surface area contributed by atoms with Gasteiger partial charge >= 0.3 is 0 Å². The molecule has 0 bridgehead atoms. The lowest BCUT2D eigenvalue weighted by Crippen LogP contribution is -2.12. The highest BCUT2D eigenvalue weighted by molar-refractivity contribution is 5.32. The SMILES string of the molecule is Cc1ccc(F)cc1OCC(O)c1cccc(F)c1F. The highest BCUT2D eigenvalue weighted by Gasteiger charge is 2.16. The molecule has 20 heavy (non-hydrogen) atoms. The summed E-state index contributed by atoms with van der Waals surface area (Å²) in [6.07, 6.45) is -1.34. The molecule has 1 N–H and O–H groups in total. The molecule has 0 heterocycles. The molecule has 0 saturated carbocycles. The Labute approximate surface area is 114 Å². The molecular formula is C15H13F3O2. The van der Waals surface area contributed by atoms with E-state index < -0.39 is 23.6 Å². The number of hydrogen-bond acceptors (Lipinski definition) is 2. The fraction of sp³-hybridized carbons (Fsp3) is 0.200. The van der Waals surface area contributed by atoms with Crippen LogP contribution in [0, 0.1) is 24.4 Å². The van der Waals surface area contributed by atoms with Gasteiger partial charge in [0.05, 0.1) is 0 Å². The number of hydrogen-bond donors (Lipinski definition) is 1. The molecule has 5 heteroatoms. The number of aliphatic hydroxyl groups excluding tert-OH is 1. The molecule has 0 aromatic heterocycles. The Kier molecular flexibility index (Phi) is 4.29. The molecule has 2 nitrogen and oxygen atoms in total. The van der Waals surface area contributed by atoms with E-state index in [1.807, 2.05) is 0 Å². The summed E-state index contributed by atoms with van der Waals surface area (Å²) in [7, 11) is 0. The molecule has 2 aromatic rings. The average molecular weight is 282 g/mol. The summed E-state index contributed by atoms with van der Waals surface area (Å²) in [6.45, 7) is 1.41. The van der Waals surface area contributed by atoms with Gasteiger partial charge in [-0.2, -0.15) is 0 Å². The molecule has 2 aromatic carbocycles. The van der Waals surface area contributed by atoms with Gasteiger partial charge < -0.3 is 9.84 Å². The first kappa shape index (κ1) is 14.4. The Balaban J connectivity index is 2.10. The first-order chi connectivity index (χ1) is 9.49. The lowest BCUT2D eigenvalue weighted by atomic mass is 10.1. The van der Waals surface area contributed by atoms with Gasteiger partial charge in [-0.1, -0.05) is 18.2 Å². The zero-order valence-electron chi connectivity index (χ0n) is 10.7. The van der Waals surface area contributed by atoms with Gasteiger partial charge in [0.15, 0.2) is 11.6 Å². The van der Waals surface area contributed by atoms with Crippen LogP contribution in [0.2, 0.25) is 0 Å². The standard InChI is InChI=1S/C15H13F3O2/c1-9-5-6-10(16)7-14(9)20-8-13(19)11-3-2-4-12(17)15(11)18/h2-7,13,19H,8H2,1H3. The quantitative estimate of drug-likeness (QED) is 0.929. The Hall–Kier alpha value is -2.01. The fourth-order valence-corrected chi connectivity index (χ4v) is 1.77. The number of benzene rings is 2. The van der Waals surface area contributed by atoms with Crippen molar-refractivity contribution in [2.75, 3.05) is 6.61 Å². The van der Waals surface area contributed by atoms with Crippen LogP contribution in [0.3, 0.4) is 0 Å². The zero-order chi connectivity index (χ0) is 14.7. The predicted octanol–water partition coefficient (Wildman–Crippen LogP) is 3.52. The first-order valence-electron chi connectivity index (χ1n) is 6.00. The maximum absolute atomic E-state index is 13.5. The molecule has 1 atom stereocenters. The number of halogens is 3. The molecule has 2 rings (SSSR count). The van der Waals surface area contributed by atoms with Gasteiger partial charge in [0.2, 0.25) is 0 Å². The van der Waals surface area contributed by atoms with Crippen LogP contribution in [-0.4, -0.2) is 11.7 Å². The molecule has 0 aliphatic carbocycles. The molecule has 0 fully saturated rings. The van der Waals surface area contributed by atoms with Crippen LogP contribution >= 0.6 is 0 Å². The Morgan fingerprint density at radius 2 is 1.90 bits per heavy atom. The lowest BCUT2D eigenvalue weighted by molar-refractivity contribution is 0.104. The number of rotatable bonds is 4. The van der Waals surface area contributed by atoms with Crippen LogP contribution in [0.4, 0.5) is 13.2 Å². The molecule has 0 aliphatic heterocycles. The lowest BCUT2D eigenvalue weighted by Gasteiger charge is -2.15. The average Bonchev–Trinajstić information content (AvgIpc) is 2.42. The third-order valence-corrected chi connectivity index (χ3v) is 2.89. The minimum absolute atomic E-state index is 0.195. The summed E-state index contributed by atoms with van der Waals surface area (Å²) in [5.74, 6) is -2.37. The van der Waals surface area contributed by atoms with E-state index in [1.165, 1.54) is 30.3 Å². The zero-order valence-corrected chi connectivity index (χ0v) is 10.7. The first-order valence-corrected chi connectivity index (χ1v) is 6.00. The van der Waals surface area contributed by atoms with Crippen molar-refractivity contribution in [3.05, 3.63) is 65.0 Å². The summed E-state index contributed by atoms with van der Waals surface area (Å²) in [6, 6.07) is 7.51. The van der Waals surface area contributed by atoms with Gasteiger partial charge in [0, 0.05) is 11.6 Å². The molecule has 106 valence electrons. The highest BCUT2D eigenvalue weighted by Crippen LogP contribution is 2.23. The van der Waals surface area contributed by atoms with E-state index in [0.29, 0.717) is 5.56 Å². The number of aryl methyl sites for hydroxylation is 1. The molecule has 0 aliphatic rings. The minimum Gasteiger partial charge on any atom is -0.490 e. The second-order valence-electron chi connectivity index (χ2n) is 4.38. The van der Waals surface area contributed by atoms with Crippen LogP contribution in [0.5, 0.6) is 5.75 Å². The maximum atomic E-state index is 13.5. The van der Waals surface area contributed by atoms with E-state index in [0.717, 1.165) is 6.07 Å². The Bertz CT molecular complexity index is 614. The van der Waals surface area contributed by atoms with E-state index in [4.69, 9.17) is 4.74 Å². The van der Waals surface area contributed by atoms with Crippen molar-refractivity contribution in [1.82, 2.24) is 0 Å². The topological polar surface area (TPSA) is 29.5 Å². The van der Waals surface area contributed by atoms with Crippen molar-refractivity contribution in [2.45, 2.75) is 13.0 Å². The highest BCUT2D eigenvalue weighted by atomic mass is 19.2. The normalized spacial score (nSPS) is 12.2. The van der Waals surface area contributed by atoms with Gasteiger partial charge in [0.1, 0.15) is 24.3 Å². The van der Waals surface area contributed by atoms with E-state index in [2.05, 4.69) is 0 Å². The summed E-state index contributed by atoms with van der Waals surface area (Å²) >= 11 is 0. The van der Waals surface area contributed by atoms with E-state index >= 15 is 0 Å². The van der Waals surface area contributed by atoms with Gasteiger partial charge in [-0.05, 0) is 24.6 Å². The van der Waals surface area contributed by atoms with Crippen LogP contribution in [-0.2, 0) is 0 Å². The number of aliphatic hydroxyl groups is 1. The predicted molar refractivity (Wildman–Crippen MR) is 67.9 cm³/mol. The molecule has 0 amide bonds. The monoisotopic (exact) mass is 282 g/mol. The third kappa shape index (κ3) is 3.11. The van der Waals surface area contributed by atoms with Crippen molar-refractivity contribution >= 4 is 0 Å². The van der Waals surface area contributed by atoms with Crippen LogP contribution in [0.25, 0.3) is 0 Å². The van der Waals surface area contributed by atoms with Crippen LogP contribution < -0.4 is 4.74 Å². The summed E-state index contributed by atoms with van der Waals surface area (Å²) < 4.78 is 44.8. The second-order valence-corrected chi connectivity index (χ2v) is 4.38.